The second kappa shape index (κ2) is 9.24. The summed E-state index contributed by atoms with van der Waals surface area (Å²) < 4.78 is 10.8. The molecular formula is C19H26N2O5. The minimum atomic E-state index is -0.829. The number of hydrogen-bond acceptors (Lipinski definition) is 5. The first-order chi connectivity index (χ1) is 12.5. The van der Waals surface area contributed by atoms with Crippen LogP contribution in [0.1, 0.15) is 30.1 Å². The van der Waals surface area contributed by atoms with E-state index in [1.807, 2.05) is 11.8 Å². The zero-order valence-corrected chi connectivity index (χ0v) is 15.2. The Morgan fingerprint density at radius 1 is 1.38 bits per heavy atom. The number of likely N-dealkylation sites (N-methyl/N-ethyl adjacent to an activating group) is 1. The summed E-state index contributed by atoms with van der Waals surface area (Å²) in [7, 11) is 1.52. The molecule has 1 aliphatic rings. The van der Waals surface area contributed by atoms with E-state index in [1.54, 1.807) is 24.3 Å². The molecule has 1 amide bonds. The summed E-state index contributed by atoms with van der Waals surface area (Å²) in [5, 5.41) is 11.9. The van der Waals surface area contributed by atoms with E-state index in [2.05, 4.69) is 11.9 Å². The summed E-state index contributed by atoms with van der Waals surface area (Å²) in [5.41, 5.74) is 0.495. The molecule has 0 atom stereocenters. The van der Waals surface area contributed by atoms with Crippen LogP contribution in [0.4, 0.5) is 0 Å². The van der Waals surface area contributed by atoms with Gasteiger partial charge in [-0.3, -0.25) is 14.5 Å². The van der Waals surface area contributed by atoms with Crippen LogP contribution in [0.15, 0.2) is 30.9 Å². The third-order valence-electron chi connectivity index (χ3n) is 4.49. The molecule has 7 nitrogen and oxygen atoms in total. The van der Waals surface area contributed by atoms with Crippen molar-refractivity contribution in [3.8, 4) is 11.5 Å². The Kier molecular flexibility index (Phi) is 7.03. The average Bonchev–Trinajstić information content (AvgIpc) is 2.60. The van der Waals surface area contributed by atoms with Crippen molar-refractivity contribution < 1.29 is 24.2 Å². The molecule has 0 spiro atoms. The number of carboxylic acid groups (broad SMARTS) is 1. The Morgan fingerprint density at radius 3 is 2.69 bits per heavy atom. The Hall–Kier alpha value is -2.54. The fourth-order valence-corrected chi connectivity index (χ4v) is 3.02. The number of carbonyl (C=O) groups excluding carboxylic acids is 1. The van der Waals surface area contributed by atoms with Crippen molar-refractivity contribution in [2.75, 3.05) is 26.8 Å². The van der Waals surface area contributed by atoms with Crippen LogP contribution in [0.25, 0.3) is 0 Å². The number of benzene rings is 1. The highest BCUT2D eigenvalue weighted by molar-refractivity contribution is 5.95. The maximum Gasteiger partial charge on any atom is 0.317 e. The van der Waals surface area contributed by atoms with Crippen molar-refractivity contribution in [2.45, 2.75) is 31.8 Å². The number of rotatable bonds is 10. The minimum Gasteiger partial charge on any atom is -0.493 e. The topological polar surface area (TPSA) is 88.1 Å². The predicted molar refractivity (Wildman–Crippen MR) is 97.8 cm³/mol. The van der Waals surface area contributed by atoms with Gasteiger partial charge in [-0.1, -0.05) is 19.6 Å². The maximum atomic E-state index is 12.4. The Labute approximate surface area is 153 Å². The molecule has 0 aromatic heterocycles. The van der Waals surface area contributed by atoms with Crippen molar-refractivity contribution in [1.29, 1.82) is 0 Å². The first kappa shape index (κ1) is 19.8. The summed E-state index contributed by atoms with van der Waals surface area (Å²) in [6.45, 7) is 6.61. The molecule has 1 fully saturated rings. The summed E-state index contributed by atoms with van der Waals surface area (Å²) in [6, 6.07) is 5.29. The van der Waals surface area contributed by atoms with Crippen molar-refractivity contribution in [1.82, 2.24) is 10.2 Å². The summed E-state index contributed by atoms with van der Waals surface area (Å²) in [4.78, 5) is 25.2. The second-order valence-electron chi connectivity index (χ2n) is 6.22. The van der Waals surface area contributed by atoms with Gasteiger partial charge in [-0.05, 0) is 37.6 Å². The molecule has 0 aliphatic heterocycles. The third kappa shape index (κ3) is 4.98. The first-order valence-corrected chi connectivity index (χ1v) is 8.66. The molecule has 1 aromatic rings. The first-order valence-electron chi connectivity index (χ1n) is 8.66. The predicted octanol–water partition coefficient (Wildman–Crippen LogP) is 1.93. The lowest BCUT2D eigenvalue weighted by molar-refractivity contribution is -0.139. The molecule has 26 heavy (non-hydrogen) atoms. The SMILES string of the molecule is C=CCOc1ccc(C(=O)NC2CC(N(CC)CC(=O)O)C2)cc1OC. The van der Waals surface area contributed by atoms with Crippen LogP contribution < -0.4 is 14.8 Å². The molecule has 1 aliphatic carbocycles. The minimum absolute atomic E-state index is 0.0329. The molecule has 1 saturated carbocycles. The smallest absolute Gasteiger partial charge is 0.317 e. The normalized spacial score (nSPS) is 18.7. The highest BCUT2D eigenvalue weighted by Gasteiger charge is 2.34. The lowest BCUT2D eigenvalue weighted by atomic mass is 9.85. The fourth-order valence-electron chi connectivity index (χ4n) is 3.02. The quantitative estimate of drug-likeness (QED) is 0.619. The van der Waals surface area contributed by atoms with Crippen LogP contribution in [0.5, 0.6) is 11.5 Å². The van der Waals surface area contributed by atoms with Crippen molar-refractivity contribution in [3.05, 3.63) is 36.4 Å². The van der Waals surface area contributed by atoms with E-state index in [9.17, 15) is 9.59 Å². The highest BCUT2D eigenvalue weighted by Crippen LogP contribution is 2.29. The van der Waals surface area contributed by atoms with Gasteiger partial charge in [0.1, 0.15) is 6.61 Å². The highest BCUT2D eigenvalue weighted by atomic mass is 16.5. The van der Waals surface area contributed by atoms with Crippen LogP contribution in [-0.2, 0) is 4.79 Å². The Morgan fingerprint density at radius 2 is 2.12 bits per heavy atom. The number of nitrogens with one attached hydrogen (secondary N) is 1. The number of amides is 1. The molecule has 7 heteroatoms. The molecule has 1 aromatic carbocycles. The average molecular weight is 362 g/mol. The van der Waals surface area contributed by atoms with Crippen molar-refractivity contribution in [3.63, 3.8) is 0 Å². The van der Waals surface area contributed by atoms with Crippen LogP contribution in [0.2, 0.25) is 0 Å². The summed E-state index contributed by atoms with van der Waals surface area (Å²) in [6.07, 6.45) is 3.14. The van der Waals surface area contributed by atoms with Crippen LogP contribution >= 0.6 is 0 Å². The molecule has 0 radical (unpaired) electrons. The van der Waals surface area contributed by atoms with Crippen LogP contribution in [0.3, 0.4) is 0 Å². The van der Waals surface area contributed by atoms with Gasteiger partial charge < -0.3 is 19.9 Å². The lowest BCUT2D eigenvalue weighted by Crippen LogP contribution is -2.54. The lowest BCUT2D eigenvalue weighted by Gasteiger charge is -2.42. The monoisotopic (exact) mass is 362 g/mol. The molecule has 0 saturated heterocycles. The summed E-state index contributed by atoms with van der Waals surface area (Å²) in [5.74, 6) is 0.0398. The van der Waals surface area contributed by atoms with Crippen molar-refractivity contribution in [2.24, 2.45) is 0 Å². The number of hydrogen-bond donors (Lipinski definition) is 2. The van der Waals surface area contributed by atoms with Gasteiger partial charge >= 0.3 is 5.97 Å². The molecular weight excluding hydrogens is 336 g/mol. The molecule has 142 valence electrons. The van der Waals surface area contributed by atoms with Gasteiger partial charge in [-0.15, -0.1) is 0 Å². The van der Waals surface area contributed by atoms with Crippen LogP contribution in [0, 0.1) is 0 Å². The van der Waals surface area contributed by atoms with E-state index in [4.69, 9.17) is 14.6 Å². The van der Waals surface area contributed by atoms with E-state index in [0.717, 1.165) is 12.8 Å². The molecule has 2 rings (SSSR count). The number of ether oxygens (including phenoxy) is 2. The van der Waals surface area contributed by atoms with E-state index in [0.29, 0.717) is 30.2 Å². The van der Waals surface area contributed by atoms with Crippen LogP contribution in [-0.4, -0.2) is 60.8 Å². The third-order valence-corrected chi connectivity index (χ3v) is 4.49. The Balaban J connectivity index is 1.91. The zero-order valence-electron chi connectivity index (χ0n) is 15.2. The second-order valence-corrected chi connectivity index (χ2v) is 6.22. The van der Waals surface area contributed by atoms with Crippen molar-refractivity contribution >= 4 is 11.9 Å². The number of carboxylic acids is 1. The molecule has 0 unspecified atom stereocenters. The van der Waals surface area contributed by atoms with Gasteiger partial charge in [0.25, 0.3) is 5.91 Å². The largest absolute Gasteiger partial charge is 0.493 e. The standard InChI is InChI=1S/C19H26N2O5/c1-4-8-26-16-7-6-13(9-17(16)25-3)19(24)20-14-10-15(11-14)21(5-2)12-18(22)23/h4,6-7,9,14-15H,1,5,8,10-12H2,2-3H3,(H,20,24)(H,22,23). The van der Waals surface area contributed by atoms with E-state index < -0.39 is 5.97 Å². The Bertz CT molecular complexity index is 655. The van der Waals surface area contributed by atoms with E-state index >= 15 is 0 Å². The fraction of sp³-hybridized carbons (Fsp3) is 0.474. The molecule has 0 bridgehead atoms. The molecule has 2 N–H and O–H groups in total. The van der Waals surface area contributed by atoms with Gasteiger partial charge in [-0.25, -0.2) is 0 Å². The van der Waals surface area contributed by atoms with Gasteiger partial charge in [0.15, 0.2) is 11.5 Å². The van der Waals surface area contributed by atoms with Gasteiger partial charge in [0, 0.05) is 17.6 Å². The van der Waals surface area contributed by atoms with Gasteiger partial charge in [0.2, 0.25) is 0 Å². The summed E-state index contributed by atoms with van der Waals surface area (Å²) >= 11 is 0. The van der Waals surface area contributed by atoms with Gasteiger partial charge in [0.05, 0.1) is 13.7 Å². The molecule has 0 heterocycles. The number of methoxy groups -OCH3 is 1. The van der Waals surface area contributed by atoms with Gasteiger partial charge in [-0.2, -0.15) is 0 Å². The number of aliphatic carboxylic acids is 1. The maximum absolute atomic E-state index is 12.4. The van der Waals surface area contributed by atoms with E-state index in [-0.39, 0.29) is 24.5 Å². The number of nitrogens with zero attached hydrogens (tertiary/aromatic N) is 1. The number of carbonyl (C=O) groups is 2. The van der Waals surface area contributed by atoms with E-state index in [1.165, 1.54) is 7.11 Å². The zero-order chi connectivity index (χ0) is 19.1.